The predicted octanol–water partition coefficient (Wildman–Crippen LogP) is 3.67. The Hall–Kier alpha value is -1.60. The molecule has 2 rings (SSSR count). The van der Waals surface area contributed by atoms with Crippen molar-refractivity contribution in [1.82, 2.24) is 4.98 Å². The van der Waals surface area contributed by atoms with E-state index < -0.39 is 23.4 Å². The number of carbonyl (C=O) groups is 1. The van der Waals surface area contributed by atoms with Crippen LogP contribution >= 0.6 is 22.9 Å². The van der Waals surface area contributed by atoms with Crippen LogP contribution in [0.15, 0.2) is 12.1 Å². The number of benzene rings is 1. The lowest BCUT2D eigenvalue weighted by Gasteiger charge is -1.99. The van der Waals surface area contributed by atoms with E-state index in [2.05, 4.69) is 9.72 Å². The largest absolute Gasteiger partial charge is 0.465 e. The van der Waals surface area contributed by atoms with Gasteiger partial charge in [0.15, 0.2) is 27.5 Å². The van der Waals surface area contributed by atoms with Crippen molar-refractivity contribution in [3.05, 3.63) is 39.6 Å². The van der Waals surface area contributed by atoms with Gasteiger partial charge in [0.1, 0.15) is 5.01 Å². The Balaban J connectivity index is 2.51. The molecular weight excluding hydrogens is 303 g/mol. The summed E-state index contributed by atoms with van der Waals surface area (Å²) in [6, 6.07) is 1.54. The van der Waals surface area contributed by atoms with Gasteiger partial charge in [0.05, 0.1) is 7.11 Å². The van der Waals surface area contributed by atoms with Crippen LogP contribution in [0.4, 0.5) is 13.2 Å². The zero-order valence-electron chi connectivity index (χ0n) is 9.34. The first-order valence-electron chi connectivity index (χ1n) is 4.83. The number of hydrogen-bond donors (Lipinski definition) is 0. The second-order valence-electron chi connectivity index (χ2n) is 3.38. The maximum absolute atomic E-state index is 13.1. The Morgan fingerprint density at radius 1 is 1.32 bits per heavy atom. The number of aromatic nitrogens is 1. The van der Waals surface area contributed by atoms with E-state index in [9.17, 15) is 18.0 Å². The number of hydrogen-bond acceptors (Lipinski definition) is 4. The standard InChI is InChI=1S/C11H5ClF3NO2S/c1-18-11(17)8-9(12)16-10(19-8)4-2-5(13)7(15)6(14)3-4/h2-3H,1H3. The molecule has 0 saturated heterocycles. The molecule has 0 N–H and O–H groups in total. The van der Waals surface area contributed by atoms with Crippen LogP contribution in [0.3, 0.4) is 0 Å². The van der Waals surface area contributed by atoms with Crippen LogP contribution in [0, 0.1) is 17.5 Å². The lowest BCUT2D eigenvalue weighted by Crippen LogP contribution is -1.98. The minimum atomic E-state index is -1.57. The summed E-state index contributed by atoms with van der Waals surface area (Å²) in [7, 11) is 1.16. The summed E-state index contributed by atoms with van der Waals surface area (Å²) >= 11 is 6.51. The number of rotatable bonds is 2. The summed E-state index contributed by atoms with van der Waals surface area (Å²) in [4.78, 5) is 15.1. The quantitative estimate of drug-likeness (QED) is 0.628. The Morgan fingerprint density at radius 2 is 1.89 bits per heavy atom. The molecule has 0 aliphatic rings. The number of halogens is 4. The van der Waals surface area contributed by atoms with Gasteiger partial charge in [-0.2, -0.15) is 0 Å². The number of nitrogens with zero attached hydrogens (tertiary/aromatic N) is 1. The van der Waals surface area contributed by atoms with Crippen LogP contribution in [0.1, 0.15) is 9.67 Å². The van der Waals surface area contributed by atoms with Crippen LogP contribution in [0.5, 0.6) is 0 Å². The summed E-state index contributed by atoms with van der Waals surface area (Å²) in [6.07, 6.45) is 0. The molecule has 0 saturated carbocycles. The molecule has 0 fully saturated rings. The van der Waals surface area contributed by atoms with E-state index >= 15 is 0 Å². The van der Waals surface area contributed by atoms with E-state index in [0.29, 0.717) is 0 Å². The van der Waals surface area contributed by atoms with Crippen LogP contribution in [-0.4, -0.2) is 18.1 Å². The molecule has 19 heavy (non-hydrogen) atoms. The maximum atomic E-state index is 13.1. The van der Waals surface area contributed by atoms with Gasteiger partial charge in [0.2, 0.25) is 0 Å². The highest BCUT2D eigenvalue weighted by Crippen LogP contribution is 2.32. The third-order valence-electron chi connectivity index (χ3n) is 2.19. The molecule has 8 heteroatoms. The zero-order valence-corrected chi connectivity index (χ0v) is 10.9. The van der Waals surface area contributed by atoms with E-state index in [4.69, 9.17) is 11.6 Å². The summed E-state index contributed by atoms with van der Waals surface area (Å²) < 4.78 is 43.5. The van der Waals surface area contributed by atoms with Gasteiger partial charge in [-0.1, -0.05) is 11.6 Å². The average Bonchev–Trinajstić information content (AvgIpc) is 2.76. The SMILES string of the molecule is COC(=O)c1sc(-c2cc(F)c(F)c(F)c2)nc1Cl. The molecule has 0 atom stereocenters. The molecule has 0 amide bonds. The van der Waals surface area contributed by atoms with Gasteiger partial charge in [-0.05, 0) is 12.1 Å². The highest BCUT2D eigenvalue weighted by atomic mass is 35.5. The number of thiazole rings is 1. The average molecular weight is 308 g/mol. The fraction of sp³-hybridized carbons (Fsp3) is 0.0909. The van der Waals surface area contributed by atoms with Gasteiger partial charge in [0, 0.05) is 5.56 Å². The molecule has 0 radical (unpaired) electrons. The van der Waals surface area contributed by atoms with Crippen LogP contribution in [0.2, 0.25) is 5.15 Å². The minimum Gasteiger partial charge on any atom is -0.465 e. The molecule has 3 nitrogen and oxygen atoms in total. The van der Waals surface area contributed by atoms with Gasteiger partial charge in [-0.15, -0.1) is 11.3 Å². The van der Waals surface area contributed by atoms with Gasteiger partial charge in [-0.25, -0.2) is 22.9 Å². The van der Waals surface area contributed by atoms with Crippen molar-refractivity contribution < 1.29 is 22.7 Å². The normalized spacial score (nSPS) is 10.6. The fourth-order valence-corrected chi connectivity index (χ4v) is 2.51. The fourth-order valence-electron chi connectivity index (χ4n) is 1.32. The first-order chi connectivity index (χ1) is 8.93. The van der Waals surface area contributed by atoms with Crippen molar-refractivity contribution in [2.45, 2.75) is 0 Å². The molecule has 2 aromatic rings. The lowest BCUT2D eigenvalue weighted by molar-refractivity contribution is 0.0606. The first kappa shape index (κ1) is 13.8. The van der Waals surface area contributed by atoms with E-state index in [1.807, 2.05) is 0 Å². The Morgan fingerprint density at radius 3 is 2.42 bits per heavy atom. The molecule has 0 bridgehead atoms. The zero-order chi connectivity index (χ0) is 14.2. The van der Waals surface area contributed by atoms with Crippen molar-refractivity contribution >= 4 is 28.9 Å². The van der Waals surface area contributed by atoms with Crippen molar-refractivity contribution in [2.75, 3.05) is 7.11 Å². The summed E-state index contributed by atoms with van der Waals surface area (Å²) in [5.74, 6) is -4.97. The molecule has 1 aromatic carbocycles. The Bertz CT molecular complexity index is 636. The highest BCUT2D eigenvalue weighted by molar-refractivity contribution is 7.17. The first-order valence-corrected chi connectivity index (χ1v) is 6.03. The summed E-state index contributed by atoms with van der Waals surface area (Å²) in [6.45, 7) is 0. The molecule has 0 aliphatic heterocycles. The van der Waals surface area contributed by atoms with Gasteiger partial charge >= 0.3 is 5.97 Å². The smallest absolute Gasteiger partial charge is 0.351 e. The summed E-state index contributed by atoms with van der Waals surface area (Å²) in [5.41, 5.74) is -0.0153. The van der Waals surface area contributed by atoms with Crippen LogP contribution in [0.25, 0.3) is 10.6 Å². The van der Waals surface area contributed by atoms with E-state index in [1.54, 1.807) is 0 Å². The molecule has 100 valence electrons. The number of methoxy groups -OCH3 is 1. The maximum Gasteiger partial charge on any atom is 0.351 e. The summed E-state index contributed by atoms with van der Waals surface area (Å²) in [5, 5.41) is -0.0554. The van der Waals surface area contributed by atoms with Crippen molar-refractivity contribution in [2.24, 2.45) is 0 Å². The topological polar surface area (TPSA) is 39.2 Å². The number of carbonyl (C=O) groups excluding carboxylic acids is 1. The van der Waals surface area contributed by atoms with Gasteiger partial charge < -0.3 is 4.74 Å². The van der Waals surface area contributed by atoms with Crippen LogP contribution < -0.4 is 0 Å². The third kappa shape index (κ3) is 2.57. The van der Waals surface area contributed by atoms with E-state index in [0.717, 1.165) is 30.6 Å². The van der Waals surface area contributed by atoms with Crippen molar-refractivity contribution in [1.29, 1.82) is 0 Å². The molecule has 1 aromatic heterocycles. The monoisotopic (exact) mass is 307 g/mol. The van der Waals surface area contributed by atoms with Crippen molar-refractivity contribution in [3.63, 3.8) is 0 Å². The highest BCUT2D eigenvalue weighted by Gasteiger charge is 2.20. The van der Waals surface area contributed by atoms with E-state index in [1.165, 1.54) is 0 Å². The Kier molecular flexibility index (Phi) is 3.77. The van der Waals surface area contributed by atoms with Gasteiger partial charge in [0.25, 0.3) is 0 Å². The molecule has 1 heterocycles. The number of ether oxygens (including phenoxy) is 1. The van der Waals surface area contributed by atoms with Crippen LogP contribution in [-0.2, 0) is 4.74 Å². The molecule has 0 aliphatic carbocycles. The second-order valence-corrected chi connectivity index (χ2v) is 4.74. The lowest BCUT2D eigenvalue weighted by atomic mass is 10.2. The molecular formula is C11H5ClF3NO2S. The Labute approximate surface area is 114 Å². The molecule has 0 spiro atoms. The molecule has 0 unspecified atom stereocenters. The second kappa shape index (κ2) is 5.18. The minimum absolute atomic E-state index is 0.00399. The van der Waals surface area contributed by atoms with Gasteiger partial charge in [-0.3, -0.25) is 0 Å². The predicted molar refractivity (Wildman–Crippen MR) is 63.8 cm³/mol. The number of esters is 1. The third-order valence-corrected chi connectivity index (χ3v) is 3.66. The van der Waals surface area contributed by atoms with Crippen molar-refractivity contribution in [3.8, 4) is 10.6 Å². The van der Waals surface area contributed by atoms with E-state index in [-0.39, 0.29) is 20.6 Å².